The molecule has 2 aromatic rings. The van der Waals surface area contributed by atoms with Crippen LogP contribution >= 0.6 is 11.6 Å². The first-order valence-corrected chi connectivity index (χ1v) is 7.80. The maximum atomic E-state index is 11.8. The highest BCUT2D eigenvalue weighted by Gasteiger charge is 2.29. The number of benzene rings is 1. The highest BCUT2D eigenvalue weighted by Crippen LogP contribution is 2.26. The fourth-order valence-electron chi connectivity index (χ4n) is 2.39. The summed E-state index contributed by atoms with van der Waals surface area (Å²) in [5.41, 5.74) is 2.54. The molecule has 0 spiro atoms. The van der Waals surface area contributed by atoms with Gasteiger partial charge in [-0.15, -0.1) is 0 Å². The topological polar surface area (TPSA) is 51.2 Å². The Morgan fingerprint density at radius 1 is 1.30 bits per heavy atom. The molecule has 1 heterocycles. The number of rotatable bonds is 6. The maximum Gasteiger partial charge on any atom is 0.307 e. The Morgan fingerprint density at radius 3 is 2.61 bits per heavy atom. The third kappa shape index (κ3) is 4.53. The highest BCUT2D eigenvalue weighted by atomic mass is 35.5. The van der Waals surface area contributed by atoms with E-state index in [2.05, 4.69) is 10.3 Å². The first kappa shape index (κ1) is 17.4. The molecule has 0 aliphatic rings. The Kier molecular flexibility index (Phi) is 5.74. The number of carbonyl (C=O) groups excluding carboxylic acids is 1. The van der Waals surface area contributed by atoms with E-state index in [1.807, 2.05) is 44.2 Å². The molecular formula is C18H21ClN2O2. The first-order valence-electron chi connectivity index (χ1n) is 7.42. The number of hydrogen-bond acceptors (Lipinski definition) is 4. The van der Waals surface area contributed by atoms with Gasteiger partial charge in [-0.2, -0.15) is 0 Å². The van der Waals surface area contributed by atoms with Gasteiger partial charge in [0.1, 0.15) is 0 Å². The Bertz CT molecular complexity index is 676. The van der Waals surface area contributed by atoms with E-state index in [0.29, 0.717) is 6.54 Å². The highest BCUT2D eigenvalue weighted by molar-refractivity contribution is 6.31. The predicted octanol–water partition coefficient (Wildman–Crippen LogP) is 3.61. The van der Waals surface area contributed by atoms with Crippen molar-refractivity contribution in [3.8, 4) is 0 Å². The van der Waals surface area contributed by atoms with E-state index in [1.54, 1.807) is 12.4 Å². The minimum absolute atomic E-state index is 0.229. The smallest absolute Gasteiger partial charge is 0.307 e. The van der Waals surface area contributed by atoms with Gasteiger partial charge in [0.25, 0.3) is 0 Å². The van der Waals surface area contributed by atoms with Gasteiger partial charge < -0.3 is 10.1 Å². The van der Waals surface area contributed by atoms with E-state index in [-0.39, 0.29) is 12.4 Å². The molecule has 0 aliphatic heterocycles. The van der Waals surface area contributed by atoms with E-state index in [1.165, 1.54) is 7.11 Å². The molecule has 23 heavy (non-hydrogen) atoms. The van der Waals surface area contributed by atoms with Crippen LogP contribution in [-0.4, -0.2) is 18.1 Å². The third-order valence-electron chi connectivity index (χ3n) is 3.96. The molecule has 2 rings (SSSR count). The fraction of sp³-hybridized carbons (Fsp3) is 0.333. The van der Waals surface area contributed by atoms with E-state index in [9.17, 15) is 4.79 Å². The van der Waals surface area contributed by atoms with Crippen LogP contribution in [0.3, 0.4) is 0 Å². The van der Waals surface area contributed by atoms with Gasteiger partial charge in [0.05, 0.1) is 19.1 Å². The van der Waals surface area contributed by atoms with Gasteiger partial charge in [0, 0.05) is 24.0 Å². The van der Waals surface area contributed by atoms with Gasteiger partial charge in [-0.25, -0.2) is 0 Å². The Hall–Kier alpha value is -1.91. The van der Waals surface area contributed by atoms with Crippen molar-refractivity contribution < 1.29 is 9.53 Å². The zero-order chi connectivity index (χ0) is 16.9. The van der Waals surface area contributed by atoms with Crippen molar-refractivity contribution in [2.24, 2.45) is 0 Å². The second-order valence-electron chi connectivity index (χ2n) is 5.76. The third-order valence-corrected chi connectivity index (χ3v) is 4.37. The summed E-state index contributed by atoms with van der Waals surface area (Å²) in [5, 5.41) is 4.19. The van der Waals surface area contributed by atoms with Crippen LogP contribution in [0.25, 0.3) is 0 Å². The lowest BCUT2D eigenvalue weighted by molar-refractivity contribution is -0.142. The Balaban J connectivity index is 2.20. The number of esters is 1. The van der Waals surface area contributed by atoms with Crippen molar-refractivity contribution in [3.63, 3.8) is 0 Å². The van der Waals surface area contributed by atoms with Crippen molar-refractivity contribution in [2.45, 2.75) is 32.4 Å². The molecule has 122 valence electrons. The van der Waals surface area contributed by atoms with Gasteiger partial charge in [-0.1, -0.05) is 23.7 Å². The molecule has 1 unspecified atom stereocenters. The molecular weight excluding hydrogens is 312 g/mol. The molecule has 1 aromatic heterocycles. The molecule has 0 radical (unpaired) electrons. The molecule has 1 N–H and O–H groups in total. The molecule has 0 aliphatic carbocycles. The van der Waals surface area contributed by atoms with E-state index < -0.39 is 5.54 Å². The van der Waals surface area contributed by atoms with E-state index >= 15 is 0 Å². The normalized spacial score (nSPS) is 13.4. The van der Waals surface area contributed by atoms with Crippen molar-refractivity contribution in [1.29, 1.82) is 0 Å². The van der Waals surface area contributed by atoms with Crippen molar-refractivity contribution in [2.75, 3.05) is 7.11 Å². The molecule has 0 fully saturated rings. The van der Waals surface area contributed by atoms with Gasteiger partial charge >= 0.3 is 5.97 Å². The summed E-state index contributed by atoms with van der Waals surface area (Å²) < 4.78 is 4.84. The summed E-state index contributed by atoms with van der Waals surface area (Å²) in [6, 6.07) is 9.76. The number of halogens is 1. The van der Waals surface area contributed by atoms with Crippen LogP contribution in [0.1, 0.15) is 30.0 Å². The van der Waals surface area contributed by atoms with Gasteiger partial charge in [0.2, 0.25) is 0 Å². The summed E-state index contributed by atoms with van der Waals surface area (Å²) in [6.45, 7) is 4.54. The maximum absolute atomic E-state index is 11.8. The van der Waals surface area contributed by atoms with Gasteiger partial charge in [-0.3, -0.25) is 9.78 Å². The molecule has 1 aromatic carbocycles. The second kappa shape index (κ2) is 7.57. The average molecular weight is 333 g/mol. The van der Waals surface area contributed by atoms with Crippen molar-refractivity contribution in [3.05, 3.63) is 64.4 Å². The summed E-state index contributed by atoms with van der Waals surface area (Å²) in [6.07, 6.45) is 3.66. The minimum atomic E-state index is -0.548. The molecule has 0 saturated heterocycles. The van der Waals surface area contributed by atoms with Crippen LogP contribution in [0.2, 0.25) is 5.02 Å². The summed E-state index contributed by atoms with van der Waals surface area (Å²) in [4.78, 5) is 15.8. The zero-order valence-electron chi connectivity index (χ0n) is 13.6. The molecule has 0 saturated carbocycles. The van der Waals surface area contributed by atoms with Crippen LogP contribution in [0.15, 0.2) is 42.7 Å². The number of hydrogen-bond donors (Lipinski definition) is 1. The van der Waals surface area contributed by atoms with E-state index in [4.69, 9.17) is 16.3 Å². The number of aryl methyl sites for hydroxylation is 1. The van der Waals surface area contributed by atoms with Gasteiger partial charge in [-0.05, 0) is 48.7 Å². The number of aromatic nitrogens is 1. The number of nitrogens with one attached hydrogen (secondary N) is 1. The summed E-state index contributed by atoms with van der Waals surface area (Å²) in [5.74, 6) is -0.265. The molecule has 0 amide bonds. The summed E-state index contributed by atoms with van der Waals surface area (Å²) >= 11 is 6.18. The number of ether oxygens (including phenoxy) is 1. The van der Waals surface area contributed by atoms with Crippen LogP contribution in [0.5, 0.6) is 0 Å². The second-order valence-corrected chi connectivity index (χ2v) is 6.17. The molecule has 1 atom stereocenters. The van der Waals surface area contributed by atoms with Crippen LogP contribution in [0.4, 0.5) is 0 Å². The molecule has 4 nitrogen and oxygen atoms in total. The van der Waals surface area contributed by atoms with Crippen LogP contribution in [0, 0.1) is 6.92 Å². The van der Waals surface area contributed by atoms with Crippen LogP contribution < -0.4 is 5.32 Å². The monoisotopic (exact) mass is 332 g/mol. The standard InChI is InChI=1S/C18H21ClN2O2/c1-13-4-5-14(10-16(13)19)12-21-18(2,11-17(22)23-3)15-6-8-20-9-7-15/h4-10,21H,11-12H2,1-3H3. The van der Waals surface area contributed by atoms with Crippen LogP contribution in [-0.2, 0) is 21.6 Å². The Labute approximate surface area is 141 Å². The Morgan fingerprint density at radius 2 is 2.00 bits per heavy atom. The summed E-state index contributed by atoms with van der Waals surface area (Å²) in [7, 11) is 1.40. The quantitative estimate of drug-likeness (QED) is 0.821. The number of carbonyl (C=O) groups is 1. The lowest BCUT2D eigenvalue weighted by Crippen LogP contribution is -2.41. The molecule has 0 bridgehead atoms. The first-order chi connectivity index (χ1) is 10.9. The minimum Gasteiger partial charge on any atom is -0.469 e. The SMILES string of the molecule is COC(=O)CC(C)(NCc1ccc(C)c(Cl)c1)c1ccncc1. The number of nitrogens with zero attached hydrogens (tertiary/aromatic N) is 1. The number of methoxy groups -OCH3 is 1. The zero-order valence-corrected chi connectivity index (χ0v) is 14.4. The molecule has 5 heteroatoms. The lowest BCUT2D eigenvalue weighted by atomic mass is 9.89. The van der Waals surface area contributed by atoms with Crippen molar-refractivity contribution in [1.82, 2.24) is 10.3 Å². The average Bonchev–Trinajstić information content (AvgIpc) is 2.56. The predicted molar refractivity (Wildman–Crippen MR) is 91.3 cm³/mol. The number of pyridine rings is 1. The largest absolute Gasteiger partial charge is 0.469 e. The van der Waals surface area contributed by atoms with E-state index in [0.717, 1.165) is 21.7 Å². The lowest BCUT2D eigenvalue weighted by Gasteiger charge is -2.30. The van der Waals surface area contributed by atoms with Crippen molar-refractivity contribution >= 4 is 17.6 Å². The van der Waals surface area contributed by atoms with Gasteiger partial charge in [0.15, 0.2) is 0 Å². The fourth-order valence-corrected chi connectivity index (χ4v) is 2.59.